The molecule has 0 bridgehead atoms. The van der Waals surface area contributed by atoms with Gasteiger partial charge in [0.05, 0.1) is 11.9 Å². The minimum atomic E-state index is -3.66. The first-order chi connectivity index (χ1) is 13.3. The quantitative estimate of drug-likeness (QED) is 0.772. The second kappa shape index (κ2) is 8.41. The molecule has 0 saturated carbocycles. The molecule has 1 heterocycles. The molecule has 0 aliphatic carbocycles. The summed E-state index contributed by atoms with van der Waals surface area (Å²) in [7, 11) is -3.66. The summed E-state index contributed by atoms with van der Waals surface area (Å²) >= 11 is 6.12. The van der Waals surface area contributed by atoms with Crippen LogP contribution in [-0.2, 0) is 14.8 Å². The van der Waals surface area contributed by atoms with Crippen molar-refractivity contribution in [3.05, 3.63) is 53.1 Å². The second-order valence-corrected chi connectivity index (χ2v) is 9.26. The highest BCUT2D eigenvalue weighted by Gasteiger charge is 2.23. The number of carbonyl (C=O) groups excluding carboxylic acids is 1. The number of benzene rings is 2. The Hall–Kier alpha value is -2.25. The van der Waals surface area contributed by atoms with E-state index in [1.54, 1.807) is 25.1 Å². The zero-order valence-electron chi connectivity index (χ0n) is 16.0. The number of carbonyl (C=O) groups is 1. The molecule has 1 amide bonds. The van der Waals surface area contributed by atoms with Crippen molar-refractivity contribution in [2.75, 3.05) is 40.4 Å². The number of halogens is 1. The highest BCUT2D eigenvalue weighted by atomic mass is 35.5. The maximum Gasteiger partial charge on any atom is 0.245 e. The fourth-order valence-corrected chi connectivity index (χ4v) is 4.39. The average Bonchev–Trinajstić information content (AvgIpc) is 3.17. The summed E-state index contributed by atoms with van der Waals surface area (Å²) in [4.78, 5) is 14.8. The van der Waals surface area contributed by atoms with E-state index in [2.05, 4.69) is 10.2 Å². The van der Waals surface area contributed by atoms with Gasteiger partial charge < -0.3 is 10.2 Å². The molecule has 1 fully saturated rings. The fourth-order valence-electron chi connectivity index (χ4n) is 3.31. The van der Waals surface area contributed by atoms with Crippen LogP contribution < -0.4 is 14.5 Å². The minimum absolute atomic E-state index is 0.326. The largest absolute Gasteiger partial charge is 0.372 e. The number of hydrogen-bond acceptors (Lipinski definition) is 4. The lowest BCUT2D eigenvalue weighted by Crippen LogP contribution is -2.37. The number of nitrogens with one attached hydrogen (secondary N) is 1. The van der Waals surface area contributed by atoms with Crippen LogP contribution in [0.25, 0.3) is 0 Å². The predicted octanol–water partition coefficient (Wildman–Crippen LogP) is 3.65. The molecule has 150 valence electrons. The highest BCUT2D eigenvalue weighted by molar-refractivity contribution is 7.92. The molecule has 0 spiro atoms. The van der Waals surface area contributed by atoms with E-state index in [-0.39, 0.29) is 6.54 Å². The molecule has 1 aliphatic rings. The molecule has 1 N–H and O–H groups in total. The summed E-state index contributed by atoms with van der Waals surface area (Å²) in [6, 6.07) is 12.6. The first-order valence-corrected chi connectivity index (χ1v) is 11.4. The van der Waals surface area contributed by atoms with Gasteiger partial charge in [0.1, 0.15) is 6.54 Å². The van der Waals surface area contributed by atoms with Gasteiger partial charge in [-0.1, -0.05) is 17.7 Å². The van der Waals surface area contributed by atoms with Crippen molar-refractivity contribution in [1.29, 1.82) is 0 Å². The standard InChI is InChI=1S/C20H24ClN3O3S/c1-15-18(21)6-5-7-19(15)24(28(2,26)27)14-20(25)22-16-8-10-17(11-9-16)23-12-3-4-13-23/h5-11H,3-4,12-14H2,1-2H3,(H,22,25). The summed E-state index contributed by atoms with van der Waals surface area (Å²) in [6.07, 6.45) is 3.47. The van der Waals surface area contributed by atoms with Gasteiger partial charge in [-0.15, -0.1) is 0 Å². The molecule has 6 nitrogen and oxygen atoms in total. The van der Waals surface area contributed by atoms with Crippen molar-refractivity contribution in [2.45, 2.75) is 19.8 Å². The third kappa shape index (κ3) is 4.77. The van der Waals surface area contributed by atoms with E-state index in [1.807, 2.05) is 24.3 Å². The summed E-state index contributed by atoms with van der Waals surface area (Å²) in [5.74, 6) is -0.418. The van der Waals surface area contributed by atoms with E-state index >= 15 is 0 Å². The van der Waals surface area contributed by atoms with E-state index in [1.165, 1.54) is 12.8 Å². The van der Waals surface area contributed by atoms with Crippen LogP contribution in [-0.4, -0.2) is 40.2 Å². The zero-order chi connectivity index (χ0) is 20.3. The van der Waals surface area contributed by atoms with Crippen molar-refractivity contribution < 1.29 is 13.2 Å². The smallest absolute Gasteiger partial charge is 0.245 e. The Morgan fingerprint density at radius 1 is 1.14 bits per heavy atom. The number of sulfonamides is 1. The SMILES string of the molecule is Cc1c(Cl)cccc1N(CC(=O)Nc1ccc(N2CCCC2)cc1)S(C)(=O)=O. The molecule has 2 aromatic rings. The summed E-state index contributed by atoms with van der Waals surface area (Å²) in [6.45, 7) is 3.50. The lowest BCUT2D eigenvalue weighted by Gasteiger charge is -2.24. The Morgan fingerprint density at radius 3 is 2.39 bits per heavy atom. The average molecular weight is 422 g/mol. The van der Waals surface area contributed by atoms with Gasteiger partial charge in [0, 0.05) is 29.5 Å². The molecular formula is C20H24ClN3O3S. The first kappa shape index (κ1) is 20.5. The normalized spacial score (nSPS) is 14.2. The van der Waals surface area contributed by atoms with E-state index in [0.29, 0.717) is 22.0 Å². The van der Waals surface area contributed by atoms with Gasteiger partial charge in [-0.2, -0.15) is 0 Å². The van der Waals surface area contributed by atoms with E-state index in [9.17, 15) is 13.2 Å². The summed E-state index contributed by atoms with van der Waals surface area (Å²) < 4.78 is 25.6. The van der Waals surface area contributed by atoms with Gasteiger partial charge in [0.25, 0.3) is 0 Å². The number of nitrogens with zero attached hydrogens (tertiary/aromatic N) is 2. The van der Waals surface area contributed by atoms with E-state index in [0.717, 1.165) is 29.3 Å². The van der Waals surface area contributed by atoms with Crippen LogP contribution in [0.3, 0.4) is 0 Å². The Kier molecular flexibility index (Phi) is 6.15. The Morgan fingerprint density at radius 2 is 1.79 bits per heavy atom. The van der Waals surface area contributed by atoms with Crippen LogP contribution in [0.5, 0.6) is 0 Å². The van der Waals surface area contributed by atoms with Crippen molar-refractivity contribution in [3.8, 4) is 0 Å². The molecule has 1 saturated heterocycles. The molecule has 3 rings (SSSR count). The van der Waals surface area contributed by atoms with Crippen molar-refractivity contribution in [2.24, 2.45) is 0 Å². The first-order valence-electron chi connectivity index (χ1n) is 9.13. The van der Waals surface area contributed by atoms with Crippen LogP contribution in [0, 0.1) is 6.92 Å². The van der Waals surface area contributed by atoms with Crippen LogP contribution >= 0.6 is 11.6 Å². The monoisotopic (exact) mass is 421 g/mol. The van der Waals surface area contributed by atoms with Gasteiger partial charge >= 0.3 is 0 Å². The van der Waals surface area contributed by atoms with Crippen LogP contribution in [0.4, 0.5) is 17.1 Å². The lowest BCUT2D eigenvalue weighted by atomic mass is 10.2. The number of amides is 1. The van der Waals surface area contributed by atoms with Gasteiger partial charge in [-0.25, -0.2) is 8.42 Å². The molecule has 2 aromatic carbocycles. The predicted molar refractivity (Wildman–Crippen MR) is 115 cm³/mol. The van der Waals surface area contributed by atoms with Gasteiger partial charge in [0.2, 0.25) is 15.9 Å². The molecule has 0 unspecified atom stereocenters. The van der Waals surface area contributed by atoms with E-state index < -0.39 is 15.9 Å². The van der Waals surface area contributed by atoms with Crippen molar-refractivity contribution in [1.82, 2.24) is 0 Å². The number of hydrogen-bond donors (Lipinski definition) is 1. The highest BCUT2D eigenvalue weighted by Crippen LogP contribution is 2.28. The minimum Gasteiger partial charge on any atom is -0.372 e. The Bertz CT molecular complexity index is 955. The van der Waals surface area contributed by atoms with Crippen molar-refractivity contribution >= 4 is 44.6 Å². The third-order valence-corrected chi connectivity index (χ3v) is 6.35. The number of rotatable bonds is 6. The third-order valence-electron chi connectivity index (χ3n) is 4.82. The maximum absolute atomic E-state index is 12.5. The van der Waals surface area contributed by atoms with E-state index in [4.69, 9.17) is 11.6 Å². The summed E-state index contributed by atoms with van der Waals surface area (Å²) in [5.41, 5.74) is 2.76. The Labute approximate surface area is 171 Å². The number of anilines is 3. The fraction of sp³-hybridized carbons (Fsp3) is 0.350. The van der Waals surface area contributed by atoms with Crippen LogP contribution in [0.1, 0.15) is 18.4 Å². The van der Waals surface area contributed by atoms with Gasteiger partial charge in [0.15, 0.2) is 0 Å². The maximum atomic E-state index is 12.5. The topological polar surface area (TPSA) is 69.7 Å². The second-order valence-electron chi connectivity index (χ2n) is 6.94. The van der Waals surface area contributed by atoms with Gasteiger partial charge in [-0.05, 0) is 61.7 Å². The molecule has 0 atom stereocenters. The molecule has 8 heteroatoms. The molecule has 28 heavy (non-hydrogen) atoms. The Balaban J connectivity index is 1.73. The van der Waals surface area contributed by atoms with Crippen LogP contribution in [0.2, 0.25) is 5.02 Å². The molecule has 1 aliphatic heterocycles. The summed E-state index contributed by atoms with van der Waals surface area (Å²) in [5, 5.41) is 3.22. The molecule has 0 aromatic heterocycles. The van der Waals surface area contributed by atoms with Crippen LogP contribution in [0.15, 0.2) is 42.5 Å². The zero-order valence-corrected chi connectivity index (χ0v) is 17.6. The lowest BCUT2D eigenvalue weighted by molar-refractivity contribution is -0.114. The van der Waals surface area contributed by atoms with Crippen molar-refractivity contribution in [3.63, 3.8) is 0 Å². The molecule has 0 radical (unpaired) electrons. The molecular weight excluding hydrogens is 398 g/mol. The van der Waals surface area contributed by atoms with Gasteiger partial charge in [-0.3, -0.25) is 9.10 Å².